The highest BCUT2D eigenvalue weighted by atomic mass is 16.3. The fourth-order valence-electron chi connectivity index (χ4n) is 6.89. The summed E-state index contributed by atoms with van der Waals surface area (Å²) in [5, 5.41) is 4.31. The first-order chi connectivity index (χ1) is 24.8. The Balaban J connectivity index is 1.09. The van der Waals surface area contributed by atoms with Crippen LogP contribution in [-0.4, -0.2) is 24.5 Å². The number of pyridine rings is 1. The van der Waals surface area contributed by atoms with E-state index < -0.39 is 0 Å². The highest BCUT2D eigenvalue weighted by Gasteiger charge is 2.17. The van der Waals surface area contributed by atoms with E-state index in [4.69, 9.17) is 24.4 Å². The minimum Gasteiger partial charge on any atom is -0.456 e. The van der Waals surface area contributed by atoms with Crippen molar-refractivity contribution in [1.29, 1.82) is 0 Å². The fourth-order valence-corrected chi connectivity index (χ4v) is 6.89. The quantitative estimate of drug-likeness (QED) is 0.187. The van der Waals surface area contributed by atoms with Gasteiger partial charge in [-0.1, -0.05) is 103 Å². The van der Waals surface area contributed by atoms with Crippen molar-refractivity contribution in [2.45, 2.75) is 0 Å². The second-order valence-electron chi connectivity index (χ2n) is 12.3. The molecule has 0 aliphatic rings. The van der Waals surface area contributed by atoms with Gasteiger partial charge in [-0.15, -0.1) is 0 Å². The first-order valence-corrected chi connectivity index (χ1v) is 16.6. The predicted molar refractivity (Wildman–Crippen MR) is 201 cm³/mol. The molecule has 4 aromatic heterocycles. The van der Waals surface area contributed by atoms with E-state index in [9.17, 15) is 0 Å². The maximum atomic E-state index is 6.45. The monoisotopic (exact) mass is 641 g/mol. The molecular weight excluding hydrogens is 615 g/mol. The molecule has 0 spiro atoms. The minimum atomic E-state index is 0.602. The molecule has 50 heavy (non-hydrogen) atoms. The van der Waals surface area contributed by atoms with Crippen LogP contribution >= 0.6 is 0 Å². The molecule has 0 N–H and O–H groups in total. The topological polar surface area (TPSA) is 69.6 Å². The van der Waals surface area contributed by atoms with Gasteiger partial charge in [0.05, 0.1) is 11.2 Å². The van der Waals surface area contributed by atoms with Gasteiger partial charge in [-0.25, -0.2) is 19.9 Å². The molecule has 0 atom stereocenters. The lowest BCUT2D eigenvalue weighted by Gasteiger charge is -2.09. The summed E-state index contributed by atoms with van der Waals surface area (Å²) >= 11 is 0. The zero-order valence-corrected chi connectivity index (χ0v) is 26.7. The van der Waals surface area contributed by atoms with Crippen molar-refractivity contribution in [3.8, 4) is 51.0 Å². The summed E-state index contributed by atoms with van der Waals surface area (Å²) in [6.45, 7) is 0. The number of aromatic nitrogens is 5. The van der Waals surface area contributed by atoms with Crippen LogP contribution in [0.5, 0.6) is 0 Å². The third-order valence-electron chi connectivity index (χ3n) is 9.32. The Kier molecular flexibility index (Phi) is 6.39. The first-order valence-electron chi connectivity index (χ1n) is 16.6. The zero-order chi connectivity index (χ0) is 33.0. The summed E-state index contributed by atoms with van der Waals surface area (Å²) in [6, 6.07) is 53.8. The molecule has 0 amide bonds. The minimum absolute atomic E-state index is 0.602. The standard InChI is InChI=1S/C44H27N5O/c1-3-10-28(11-4-1)29-17-19-31(20-18-29)42-46-41(30-12-5-2-6-13-30)47-43(48-42)32-21-24-39-37(26-32)35-23-22-33(27-40(35)50-39)49-38-16-8-7-14-34(38)36-15-9-25-45-44(36)49/h1-27H. The number of fused-ring (bicyclic) bond motifs is 6. The number of hydrogen-bond donors (Lipinski definition) is 0. The van der Waals surface area contributed by atoms with Crippen LogP contribution in [0.3, 0.4) is 0 Å². The van der Waals surface area contributed by atoms with E-state index in [1.165, 1.54) is 10.9 Å². The Morgan fingerprint density at radius 2 is 1.00 bits per heavy atom. The first kappa shape index (κ1) is 28.1. The lowest BCUT2D eigenvalue weighted by molar-refractivity contribution is 0.668. The number of rotatable bonds is 5. The summed E-state index contributed by atoms with van der Waals surface area (Å²) < 4.78 is 8.65. The molecule has 0 saturated carbocycles. The number of furan rings is 1. The Bertz CT molecular complexity index is 2800. The van der Waals surface area contributed by atoms with Gasteiger partial charge in [0.15, 0.2) is 17.5 Å². The largest absolute Gasteiger partial charge is 0.456 e. The molecule has 234 valence electrons. The third kappa shape index (κ3) is 4.65. The molecule has 6 nitrogen and oxygen atoms in total. The second kappa shape index (κ2) is 11.4. The van der Waals surface area contributed by atoms with Crippen LogP contribution in [0.15, 0.2) is 168 Å². The van der Waals surface area contributed by atoms with Crippen molar-refractivity contribution >= 4 is 43.9 Å². The van der Waals surface area contributed by atoms with Gasteiger partial charge in [-0.2, -0.15) is 0 Å². The average molecular weight is 642 g/mol. The molecular formula is C44H27N5O. The van der Waals surface area contributed by atoms with E-state index in [-0.39, 0.29) is 0 Å². The van der Waals surface area contributed by atoms with Crippen molar-refractivity contribution < 1.29 is 4.42 Å². The summed E-state index contributed by atoms with van der Waals surface area (Å²) in [6.07, 6.45) is 1.84. The fraction of sp³-hybridized carbons (Fsp3) is 0. The van der Waals surface area contributed by atoms with Crippen LogP contribution in [0.2, 0.25) is 0 Å². The van der Waals surface area contributed by atoms with Crippen LogP contribution < -0.4 is 0 Å². The second-order valence-corrected chi connectivity index (χ2v) is 12.3. The van der Waals surface area contributed by atoms with Crippen molar-refractivity contribution in [3.05, 3.63) is 164 Å². The average Bonchev–Trinajstić information content (AvgIpc) is 3.73. The predicted octanol–water partition coefficient (Wildman–Crippen LogP) is 10.9. The molecule has 0 aliphatic carbocycles. The number of nitrogens with zero attached hydrogens (tertiary/aromatic N) is 5. The van der Waals surface area contributed by atoms with Crippen molar-refractivity contribution in [1.82, 2.24) is 24.5 Å². The SMILES string of the molecule is c1ccc(-c2ccc(-c3nc(-c4ccccc4)nc(-c4ccc5oc6cc(-n7c8ccccc8c8cccnc87)ccc6c5c4)n3)cc2)cc1. The van der Waals surface area contributed by atoms with Crippen LogP contribution in [0, 0.1) is 0 Å². The van der Waals surface area contributed by atoms with Gasteiger partial charge in [0, 0.05) is 50.5 Å². The Morgan fingerprint density at radius 3 is 1.78 bits per heavy atom. The van der Waals surface area contributed by atoms with E-state index in [2.05, 4.69) is 108 Å². The zero-order valence-electron chi connectivity index (χ0n) is 26.7. The molecule has 4 heterocycles. The molecule has 10 aromatic rings. The lowest BCUT2D eigenvalue weighted by Crippen LogP contribution is -2.00. The molecule has 0 unspecified atom stereocenters. The normalized spacial score (nSPS) is 11.6. The van der Waals surface area contributed by atoms with Crippen molar-refractivity contribution in [3.63, 3.8) is 0 Å². The van der Waals surface area contributed by atoms with Crippen LogP contribution in [0.25, 0.3) is 94.9 Å². The molecule has 6 aromatic carbocycles. The number of para-hydroxylation sites is 1. The van der Waals surface area contributed by atoms with Crippen molar-refractivity contribution in [2.24, 2.45) is 0 Å². The van der Waals surface area contributed by atoms with Gasteiger partial charge in [-0.3, -0.25) is 4.57 Å². The smallest absolute Gasteiger partial charge is 0.164 e. The molecule has 0 radical (unpaired) electrons. The summed E-state index contributed by atoms with van der Waals surface area (Å²) in [7, 11) is 0. The Hall–Kier alpha value is -6.92. The molecule has 10 rings (SSSR count). The van der Waals surface area contributed by atoms with Gasteiger partial charge in [0.25, 0.3) is 0 Å². The highest BCUT2D eigenvalue weighted by Crippen LogP contribution is 2.36. The maximum absolute atomic E-state index is 6.45. The summed E-state index contributed by atoms with van der Waals surface area (Å²) in [5.41, 5.74) is 9.67. The van der Waals surface area contributed by atoms with E-state index in [1.807, 2.05) is 60.8 Å². The Labute approximate surface area is 287 Å². The van der Waals surface area contributed by atoms with Gasteiger partial charge in [0.1, 0.15) is 16.8 Å². The van der Waals surface area contributed by atoms with E-state index in [1.54, 1.807) is 0 Å². The van der Waals surface area contributed by atoms with Gasteiger partial charge < -0.3 is 4.42 Å². The Morgan fingerprint density at radius 1 is 0.400 bits per heavy atom. The molecule has 6 heteroatoms. The van der Waals surface area contributed by atoms with Crippen molar-refractivity contribution in [2.75, 3.05) is 0 Å². The summed E-state index contributed by atoms with van der Waals surface area (Å²) in [5.74, 6) is 1.85. The van der Waals surface area contributed by atoms with E-state index in [0.29, 0.717) is 17.5 Å². The van der Waals surface area contributed by atoms with Gasteiger partial charge >= 0.3 is 0 Å². The van der Waals surface area contributed by atoms with Gasteiger partial charge in [0.2, 0.25) is 0 Å². The van der Waals surface area contributed by atoms with Crippen LogP contribution in [0.4, 0.5) is 0 Å². The number of hydrogen-bond acceptors (Lipinski definition) is 5. The third-order valence-corrected chi connectivity index (χ3v) is 9.32. The van der Waals surface area contributed by atoms with Crippen LogP contribution in [-0.2, 0) is 0 Å². The van der Waals surface area contributed by atoms with E-state index in [0.717, 1.165) is 66.4 Å². The molecule has 0 aliphatic heterocycles. The maximum Gasteiger partial charge on any atom is 0.164 e. The van der Waals surface area contributed by atoms with Gasteiger partial charge in [-0.05, 0) is 59.7 Å². The highest BCUT2D eigenvalue weighted by molar-refractivity contribution is 6.09. The molecule has 0 saturated heterocycles. The number of benzene rings is 6. The van der Waals surface area contributed by atoms with E-state index >= 15 is 0 Å². The van der Waals surface area contributed by atoms with Crippen LogP contribution in [0.1, 0.15) is 0 Å². The lowest BCUT2D eigenvalue weighted by atomic mass is 10.0. The molecule has 0 bridgehead atoms. The summed E-state index contributed by atoms with van der Waals surface area (Å²) in [4.78, 5) is 19.7. The molecule has 0 fully saturated rings.